The van der Waals surface area contributed by atoms with E-state index in [2.05, 4.69) is 24.1 Å². The van der Waals surface area contributed by atoms with Crippen molar-refractivity contribution in [3.63, 3.8) is 0 Å². The summed E-state index contributed by atoms with van der Waals surface area (Å²) >= 11 is 0. The lowest BCUT2D eigenvalue weighted by Crippen LogP contribution is -2.35. The van der Waals surface area contributed by atoms with Crippen molar-refractivity contribution in [3.8, 4) is 0 Å². The van der Waals surface area contributed by atoms with Crippen LogP contribution in [0.25, 0.3) is 0 Å². The van der Waals surface area contributed by atoms with Crippen LogP contribution in [0.5, 0.6) is 0 Å². The number of ether oxygens (including phenoxy) is 1. The Kier molecular flexibility index (Phi) is 6.29. The van der Waals surface area contributed by atoms with Crippen LogP contribution < -0.4 is 5.32 Å². The van der Waals surface area contributed by atoms with E-state index in [-0.39, 0.29) is 24.5 Å². The van der Waals surface area contributed by atoms with Crippen molar-refractivity contribution >= 4 is 5.91 Å². The third kappa shape index (κ3) is 5.18. The standard InChI is InChI=1S/C19H24N2O2/c1-14(2)18(19-15(3)8-7-11-20-19)21-17(22)13-23-12-16-9-5-4-6-10-16/h4-11,14,18H,12-13H2,1-3H3,(H,21,22)/t18-/m1/s1. The summed E-state index contributed by atoms with van der Waals surface area (Å²) in [6.07, 6.45) is 1.76. The Bertz CT molecular complexity index is 626. The molecule has 1 N–H and O–H groups in total. The van der Waals surface area contributed by atoms with E-state index < -0.39 is 0 Å². The fraction of sp³-hybridized carbons (Fsp3) is 0.368. The molecule has 4 heteroatoms. The number of nitrogens with one attached hydrogen (secondary N) is 1. The van der Waals surface area contributed by atoms with Crippen molar-refractivity contribution in [3.05, 3.63) is 65.5 Å². The Morgan fingerprint density at radius 3 is 2.57 bits per heavy atom. The van der Waals surface area contributed by atoms with Gasteiger partial charge in [0.25, 0.3) is 0 Å². The maximum Gasteiger partial charge on any atom is 0.246 e. The van der Waals surface area contributed by atoms with E-state index in [1.165, 1.54) is 0 Å². The fourth-order valence-corrected chi connectivity index (χ4v) is 2.43. The van der Waals surface area contributed by atoms with E-state index in [1.807, 2.05) is 49.4 Å². The van der Waals surface area contributed by atoms with Gasteiger partial charge < -0.3 is 10.1 Å². The zero-order valence-corrected chi connectivity index (χ0v) is 14.0. The zero-order valence-electron chi connectivity index (χ0n) is 14.0. The number of nitrogens with zero attached hydrogens (tertiary/aromatic N) is 1. The van der Waals surface area contributed by atoms with Crippen LogP contribution in [0.4, 0.5) is 0 Å². The molecule has 2 rings (SSSR count). The monoisotopic (exact) mass is 312 g/mol. The van der Waals surface area contributed by atoms with Crippen LogP contribution in [0.1, 0.15) is 36.7 Å². The van der Waals surface area contributed by atoms with Gasteiger partial charge >= 0.3 is 0 Å². The zero-order chi connectivity index (χ0) is 16.7. The Hall–Kier alpha value is -2.20. The molecule has 0 unspecified atom stereocenters. The number of amides is 1. The van der Waals surface area contributed by atoms with Gasteiger partial charge in [-0.2, -0.15) is 0 Å². The number of hydrogen-bond donors (Lipinski definition) is 1. The van der Waals surface area contributed by atoms with Crippen molar-refractivity contribution in [2.45, 2.75) is 33.4 Å². The first-order valence-electron chi connectivity index (χ1n) is 7.90. The van der Waals surface area contributed by atoms with Gasteiger partial charge in [0, 0.05) is 6.20 Å². The van der Waals surface area contributed by atoms with Crippen LogP contribution in [0.3, 0.4) is 0 Å². The minimum Gasteiger partial charge on any atom is -0.367 e. The maximum absolute atomic E-state index is 12.2. The number of rotatable bonds is 7. The van der Waals surface area contributed by atoms with Crippen molar-refractivity contribution in [2.24, 2.45) is 5.92 Å². The number of benzene rings is 1. The number of pyridine rings is 1. The SMILES string of the molecule is Cc1cccnc1[C@H](NC(=O)COCc1ccccc1)C(C)C. The molecule has 0 saturated carbocycles. The summed E-state index contributed by atoms with van der Waals surface area (Å²) in [6, 6.07) is 13.6. The van der Waals surface area contributed by atoms with Gasteiger partial charge in [-0.25, -0.2) is 0 Å². The number of aryl methyl sites for hydroxylation is 1. The lowest BCUT2D eigenvalue weighted by molar-refractivity contribution is -0.127. The van der Waals surface area contributed by atoms with Gasteiger partial charge in [-0.05, 0) is 30.0 Å². The molecule has 2 aromatic rings. The molecule has 0 fully saturated rings. The van der Waals surface area contributed by atoms with Crippen LogP contribution in [0.15, 0.2) is 48.7 Å². The molecule has 23 heavy (non-hydrogen) atoms. The second kappa shape index (κ2) is 8.44. The van der Waals surface area contributed by atoms with Crippen molar-refractivity contribution in [1.29, 1.82) is 0 Å². The summed E-state index contributed by atoms with van der Waals surface area (Å²) in [5.41, 5.74) is 3.05. The van der Waals surface area contributed by atoms with E-state index >= 15 is 0 Å². The molecule has 1 amide bonds. The Balaban J connectivity index is 1.90. The van der Waals surface area contributed by atoms with Gasteiger partial charge in [-0.15, -0.1) is 0 Å². The van der Waals surface area contributed by atoms with Gasteiger partial charge in [0.1, 0.15) is 6.61 Å². The summed E-state index contributed by atoms with van der Waals surface area (Å²) < 4.78 is 5.50. The van der Waals surface area contributed by atoms with Crippen molar-refractivity contribution in [1.82, 2.24) is 10.3 Å². The molecule has 1 aromatic carbocycles. The topological polar surface area (TPSA) is 51.2 Å². The highest BCUT2D eigenvalue weighted by atomic mass is 16.5. The Labute approximate surface area is 137 Å². The average Bonchev–Trinajstić information content (AvgIpc) is 2.54. The molecule has 0 spiro atoms. The molecule has 0 aliphatic heterocycles. The predicted molar refractivity (Wildman–Crippen MR) is 90.8 cm³/mol. The molecular formula is C19H24N2O2. The largest absolute Gasteiger partial charge is 0.367 e. The quantitative estimate of drug-likeness (QED) is 0.852. The summed E-state index contributed by atoms with van der Waals surface area (Å²) in [6.45, 7) is 6.64. The smallest absolute Gasteiger partial charge is 0.246 e. The normalized spacial score (nSPS) is 12.2. The average molecular weight is 312 g/mol. The Morgan fingerprint density at radius 1 is 1.17 bits per heavy atom. The van der Waals surface area contributed by atoms with Crippen LogP contribution in [0.2, 0.25) is 0 Å². The molecule has 4 nitrogen and oxygen atoms in total. The number of aromatic nitrogens is 1. The highest BCUT2D eigenvalue weighted by Crippen LogP contribution is 2.22. The van der Waals surface area contributed by atoms with Crippen LogP contribution in [-0.2, 0) is 16.1 Å². The van der Waals surface area contributed by atoms with E-state index in [0.717, 1.165) is 16.8 Å². The third-order valence-corrected chi connectivity index (χ3v) is 3.67. The Morgan fingerprint density at radius 2 is 1.91 bits per heavy atom. The lowest BCUT2D eigenvalue weighted by Gasteiger charge is -2.23. The molecule has 0 aliphatic carbocycles. The van der Waals surface area contributed by atoms with Crippen molar-refractivity contribution in [2.75, 3.05) is 6.61 Å². The summed E-state index contributed by atoms with van der Waals surface area (Å²) in [5, 5.41) is 3.03. The van der Waals surface area contributed by atoms with E-state index in [1.54, 1.807) is 6.20 Å². The molecular weight excluding hydrogens is 288 g/mol. The molecule has 0 saturated heterocycles. The first kappa shape index (κ1) is 17.2. The fourth-order valence-electron chi connectivity index (χ4n) is 2.43. The summed E-state index contributed by atoms with van der Waals surface area (Å²) in [7, 11) is 0. The predicted octanol–water partition coefficient (Wildman–Crippen LogP) is 3.42. The molecule has 0 bridgehead atoms. The van der Waals surface area contributed by atoms with Gasteiger partial charge in [-0.3, -0.25) is 9.78 Å². The first-order chi connectivity index (χ1) is 11.1. The molecule has 1 aromatic heterocycles. The number of carbonyl (C=O) groups excluding carboxylic acids is 1. The second-order valence-corrected chi connectivity index (χ2v) is 5.97. The highest BCUT2D eigenvalue weighted by Gasteiger charge is 2.21. The molecule has 0 aliphatic rings. The lowest BCUT2D eigenvalue weighted by atomic mass is 9.97. The van der Waals surface area contributed by atoms with E-state index in [9.17, 15) is 4.79 Å². The minimum absolute atomic E-state index is 0.0456. The van der Waals surface area contributed by atoms with E-state index in [0.29, 0.717) is 6.61 Å². The molecule has 122 valence electrons. The number of hydrogen-bond acceptors (Lipinski definition) is 3. The maximum atomic E-state index is 12.2. The van der Waals surface area contributed by atoms with Gasteiger partial charge in [0.2, 0.25) is 5.91 Å². The summed E-state index contributed by atoms with van der Waals surface area (Å²) in [5.74, 6) is 0.131. The van der Waals surface area contributed by atoms with Crippen molar-refractivity contribution < 1.29 is 9.53 Å². The highest BCUT2D eigenvalue weighted by molar-refractivity contribution is 5.77. The van der Waals surface area contributed by atoms with Crippen LogP contribution in [0, 0.1) is 12.8 Å². The summed E-state index contributed by atoms with van der Waals surface area (Å²) in [4.78, 5) is 16.6. The van der Waals surface area contributed by atoms with Crippen LogP contribution >= 0.6 is 0 Å². The molecule has 0 radical (unpaired) electrons. The minimum atomic E-state index is -0.121. The second-order valence-electron chi connectivity index (χ2n) is 5.97. The third-order valence-electron chi connectivity index (χ3n) is 3.67. The van der Waals surface area contributed by atoms with Gasteiger partial charge in [-0.1, -0.05) is 50.2 Å². The van der Waals surface area contributed by atoms with Crippen LogP contribution in [-0.4, -0.2) is 17.5 Å². The number of carbonyl (C=O) groups is 1. The molecule has 1 atom stereocenters. The van der Waals surface area contributed by atoms with Gasteiger partial charge in [0.05, 0.1) is 18.3 Å². The first-order valence-corrected chi connectivity index (χ1v) is 7.90. The van der Waals surface area contributed by atoms with Gasteiger partial charge in [0.15, 0.2) is 0 Å². The van der Waals surface area contributed by atoms with E-state index in [4.69, 9.17) is 4.74 Å². The molecule has 1 heterocycles.